The van der Waals surface area contributed by atoms with E-state index >= 15 is 0 Å². The lowest BCUT2D eigenvalue weighted by Gasteiger charge is -2.29. The molecule has 0 N–H and O–H groups in total. The van der Waals surface area contributed by atoms with E-state index in [4.69, 9.17) is 14.4 Å². The first-order valence-corrected chi connectivity index (χ1v) is 22.5. The normalized spacial score (nSPS) is 12.2. The van der Waals surface area contributed by atoms with Gasteiger partial charge in [-0.05, 0) is 118 Å². The number of hydrogen-bond donors (Lipinski definition) is 0. The van der Waals surface area contributed by atoms with Crippen molar-refractivity contribution < 1.29 is 4.42 Å². The van der Waals surface area contributed by atoms with Crippen molar-refractivity contribution in [2.24, 2.45) is 0 Å². The number of aromatic nitrogens is 3. The molecule has 11 rings (SSSR count). The van der Waals surface area contributed by atoms with Crippen molar-refractivity contribution in [3.05, 3.63) is 205 Å². The molecule has 0 atom stereocenters. The van der Waals surface area contributed by atoms with Crippen molar-refractivity contribution in [2.75, 3.05) is 4.90 Å². The number of benzene rings is 8. The summed E-state index contributed by atoms with van der Waals surface area (Å²) in [7, 11) is 0. The molecular formula is C60H50N4O. The predicted octanol–water partition coefficient (Wildman–Crippen LogP) is 16.5. The van der Waals surface area contributed by atoms with Crippen LogP contribution in [0.25, 0.3) is 83.2 Å². The van der Waals surface area contributed by atoms with Crippen LogP contribution in [0.1, 0.15) is 52.7 Å². The van der Waals surface area contributed by atoms with E-state index in [2.05, 4.69) is 227 Å². The van der Waals surface area contributed by atoms with E-state index in [9.17, 15) is 0 Å². The summed E-state index contributed by atoms with van der Waals surface area (Å²) in [6.45, 7) is 13.6. The monoisotopic (exact) mass is 842 g/mol. The van der Waals surface area contributed by atoms with Crippen LogP contribution in [0.15, 0.2) is 199 Å². The summed E-state index contributed by atoms with van der Waals surface area (Å²) >= 11 is 0. The highest BCUT2D eigenvalue weighted by Gasteiger charge is 2.25. The summed E-state index contributed by atoms with van der Waals surface area (Å²) in [5, 5.41) is 3.43. The van der Waals surface area contributed by atoms with Gasteiger partial charge in [0, 0.05) is 56.2 Å². The topological polar surface area (TPSA) is 47.1 Å². The number of fused-ring (bicyclic) bond motifs is 6. The van der Waals surface area contributed by atoms with E-state index in [1.165, 1.54) is 21.9 Å². The lowest BCUT2D eigenvalue weighted by molar-refractivity contribution is 0.590. The molecule has 0 amide bonds. The van der Waals surface area contributed by atoms with Crippen LogP contribution < -0.4 is 4.90 Å². The van der Waals surface area contributed by atoms with E-state index in [-0.39, 0.29) is 10.8 Å². The summed E-state index contributed by atoms with van der Waals surface area (Å²) in [5.41, 5.74) is 16.6. The second-order valence-electron chi connectivity index (χ2n) is 19.1. The summed E-state index contributed by atoms with van der Waals surface area (Å²) < 4.78 is 9.22. The third-order valence-electron chi connectivity index (χ3n) is 12.8. The SMILES string of the molecule is CC(C)(C)c1ccc(N(c2ccc(-c3c(-c4ccccc4)cc(-n4c5ccccc5c5ccccc54)cc3-c3nc4c(ccc5cccnc54)o3)cc2)c2cccc(C(C)(C)C)c2)cc1. The van der Waals surface area contributed by atoms with Gasteiger partial charge in [-0.3, -0.25) is 4.98 Å². The van der Waals surface area contributed by atoms with Crippen LogP contribution in [0.5, 0.6) is 0 Å². The molecule has 0 fully saturated rings. The maximum Gasteiger partial charge on any atom is 0.228 e. The summed E-state index contributed by atoms with van der Waals surface area (Å²) in [6.07, 6.45) is 1.82. The molecule has 316 valence electrons. The van der Waals surface area contributed by atoms with E-state index in [0.717, 1.165) is 78.0 Å². The molecule has 65 heavy (non-hydrogen) atoms. The second-order valence-corrected chi connectivity index (χ2v) is 19.1. The largest absolute Gasteiger partial charge is 0.436 e. The zero-order valence-electron chi connectivity index (χ0n) is 37.7. The van der Waals surface area contributed by atoms with E-state index in [0.29, 0.717) is 11.5 Å². The molecule has 5 heteroatoms. The van der Waals surface area contributed by atoms with Crippen molar-refractivity contribution in [3.8, 4) is 39.4 Å². The molecule has 0 aliphatic rings. The Hall–Kier alpha value is -7.76. The van der Waals surface area contributed by atoms with Gasteiger partial charge in [0.2, 0.25) is 5.89 Å². The first-order valence-electron chi connectivity index (χ1n) is 22.5. The number of nitrogens with zero attached hydrogens (tertiary/aromatic N) is 4. The highest BCUT2D eigenvalue weighted by atomic mass is 16.3. The molecule has 0 unspecified atom stereocenters. The zero-order chi connectivity index (χ0) is 44.5. The van der Waals surface area contributed by atoms with Crippen molar-refractivity contribution in [1.82, 2.24) is 14.5 Å². The number of oxazole rings is 1. The van der Waals surface area contributed by atoms with E-state index < -0.39 is 0 Å². The molecular weight excluding hydrogens is 793 g/mol. The first-order chi connectivity index (χ1) is 31.5. The second kappa shape index (κ2) is 15.5. The molecule has 0 saturated carbocycles. The quantitative estimate of drug-likeness (QED) is 0.160. The van der Waals surface area contributed by atoms with Crippen molar-refractivity contribution in [3.63, 3.8) is 0 Å². The van der Waals surface area contributed by atoms with Gasteiger partial charge in [-0.15, -0.1) is 0 Å². The van der Waals surface area contributed by atoms with E-state index in [1.54, 1.807) is 0 Å². The van der Waals surface area contributed by atoms with Crippen LogP contribution in [0.2, 0.25) is 0 Å². The fourth-order valence-corrected chi connectivity index (χ4v) is 9.37. The van der Waals surface area contributed by atoms with Crippen LogP contribution in [-0.4, -0.2) is 14.5 Å². The van der Waals surface area contributed by atoms with Crippen LogP contribution in [0.3, 0.4) is 0 Å². The molecule has 0 aliphatic carbocycles. The van der Waals surface area contributed by atoms with Gasteiger partial charge in [-0.25, -0.2) is 4.98 Å². The maximum absolute atomic E-state index is 6.84. The average Bonchev–Trinajstić information content (AvgIpc) is 3.92. The minimum atomic E-state index is -0.00962. The molecule has 0 saturated heterocycles. The molecule has 3 aromatic heterocycles. The Labute approximate surface area is 380 Å². The van der Waals surface area contributed by atoms with Gasteiger partial charge in [0.05, 0.1) is 16.6 Å². The molecule has 0 bridgehead atoms. The highest BCUT2D eigenvalue weighted by Crippen LogP contribution is 2.46. The standard InChI is InChI=1S/C60H50N4O/c1-59(2,3)42-28-32-45(33-29-42)63(46-20-14-19-43(36-46)60(4,5)6)44-30-25-40(26-31-44)55-50(39-16-8-7-9-17-39)37-47(64-52-23-12-10-21-48(52)49-22-11-13-24-53(49)64)38-51(55)58-62-57-54(65-58)34-27-41-18-15-35-61-56(41)57/h7-38H,1-6H3. The van der Waals surface area contributed by atoms with E-state index in [1.807, 2.05) is 18.3 Å². The first kappa shape index (κ1) is 40.0. The van der Waals surface area contributed by atoms with Gasteiger partial charge in [0.15, 0.2) is 5.58 Å². The fourth-order valence-electron chi connectivity index (χ4n) is 9.37. The smallest absolute Gasteiger partial charge is 0.228 e. The predicted molar refractivity (Wildman–Crippen MR) is 272 cm³/mol. The van der Waals surface area contributed by atoms with Crippen LogP contribution in [0, 0.1) is 0 Å². The summed E-state index contributed by atoms with van der Waals surface area (Å²) in [4.78, 5) is 12.4. The Morgan fingerprint density at radius 1 is 0.477 bits per heavy atom. The Balaban J connectivity index is 1.16. The third kappa shape index (κ3) is 7.14. The Morgan fingerprint density at radius 2 is 1.11 bits per heavy atom. The number of hydrogen-bond acceptors (Lipinski definition) is 4. The fraction of sp³-hybridized carbons (Fsp3) is 0.133. The lowest BCUT2D eigenvalue weighted by Crippen LogP contribution is -2.15. The summed E-state index contributed by atoms with van der Waals surface area (Å²) in [6, 6.07) is 67.7. The lowest BCUT2D eigenvalue weighted by atomic mass is 9.86. The van der Waals surface area contributed by atoms with Gasteiger partial charge < -0.3 is 13.9 Å². The zero-order valence-corrected chi connectivity index (χ0v) is 37.7. The Morgan fingerprint density at radius 3 is 1.78 bits per heavy atom. The van der Waals surface area contributed by atoms with Crippen LogP contribution in [-0.2, 0) is 10.8 Å². The highest BCUT2D eigenvalue weighted by molar-refractivity contribution is 6.10. The molecule has 0 radical (unpaired) electrons. The molecule has 11 aromatic rings. The van der Waals surface area contributed by atoms with Gasteiger partial charge >= 0.3 is 0 Å². The van der Waals surface area contributed by atoms with Crippen LogP contribution >= 0.6 is 0 Å². The maximum atomic E-state index is 6.84. The molecule has 8 aromatic carbocycles. The van der Waals surface area contributed by atoms with Crippen LogP contribution in [0.4, 0.5) is 17.1 Å². The van der Waals surface area contributed by atoms with Gasteiger partial charge in [-0.1, -0.05) is 151 Å². The van der Waals surface area contributed by atoms with Crippen molar-refractivity contribution >= 4 is 60.9 Å². The Bertz CT molecular complexity index is 3490. The molecule has 0 aliphatic heterocycles. The number of para-hydroxylation sites is 2. The minimum absolute atomic E-state index is 0.00962. The van der Waals surface area contributed by atoms with Gasteiger partial charge in [0.1, 0.15) is 5.52 Å². The number of rotatable bonds is 7. The number of pyridine rings is 1. The number of anilines is 3. The average molecular weight is 843 g/mol. The third-order valence-corrected chi connectivity index (χ3v) is 12.8. The molecule has 3 heterocycles. The van der Waals surface area contributed by atoms with Gasteiger partial charge in [0.25, 0.3) is 0 Å². The van der Waals surface area contributed by atoms with Crippen molar-refractivity contribution in [2.45, 2.75) is 52.4 Å². The molecule has 0 spiro atoms. The van der Waals surface area contributed by atoms with Crippen molar-refractivity contribution in [1.29, 1.82) is 0 Å². The van der Waals surface area contributed by atoms with Gasteiger partial charge in [-0.2, -0.15) is 0 Å². The minimum Gasteiger partial charge on any atom is -0.436 e. The molecule has 5 nitrogen and oxygen atoms in total. The summed E-state index contributed by atoms with van der Waals surface area (Å²) in [5.74, 6) is 0.539. The Kier molecular flexibility index (Phi) is 9.55.